The minimum Gasteiger partial charge on any atom is -0.368 e. The van der Waals surface area contributed by atoms with E-state index in [0.29, 0.717) is 12.1 Å². The van der Waals surface area contributed by atoms with Crippen molar-refractivity contribution in [2.24, 2.45) is 5.92 Å². The van der Waals surface area contributed by atoms with Crippen molar-refractivity contribution < 1.29 is 4.39 Å². The van der Waals surface area contributed by atoms with Crippen molar-refractivity contribution >= 4 is 5.69 Å². The highest BCUT2D eigenvalue weighted by molar-refractivity contribution is 5.51. The molecule has 0 atom stereocenters. The van der Waals surface area contributed by atoms with Crippen molar-refractivity contribution in [2.75, 3.05) is 11.4 Å². The summed E-state index contributed by atoms with van der Waals surface area (Å²) in [6.07, 6.45) is 7.82. The summed E-state index contributed by atoms with van der Waals surface area (Å²) in [5.74, 6) is 0.767. The molecule has 3 heteroatoms. The lowest BCUT2D eigenvalue weighted by molar-refractivity contribution is 0.616. The second-order valence-electron chi connectivity index (χ2n) is 6.80. The number of hydrogen-bond donors (Lipinski definition) is 1. The van der Waals surface area contributed by atoms with E-state index in [1.165, 1.54) is 38.5 Å². The van der Waals surface area contributed by atoms with Crippen LogP contribution in [0.1, 0.15) is 44.1 Å². The Hall–Kier alpha value is -1.09. The van der Waals surface area contributed by atoms with Crippen LogP contribution in [0.25, 0.3) is 0 Å². The van der Waals surface area contributed by atoms with E-state index in [2.05, 4.69) is 16.3 Å². The lowest BCUT2D eigenvalue weighted by atomic mass is 10.1. The molecule has 1 N–H and O–H groups in total. The number of benzene rings is 1. The third kappa shape index (κ3) is 3.14. The third-order valence-corrected chi connectivity index (χ3v) is 4.59. The smallest absolute Gasteiger partial charge is 0.125 e. The Bertz CT molecular complexity index is 490. The molecule has 0 aliphatic heterocycles. The molecule has 0 bridgehead atoms. The van der Waals surface area contributed by atoms with Gasteiger partial charge in [-0.25, -0.2) is 4.39 Å². The summed E-state index contributed by atoms with van der Waals surface area (Å²) in [5, 5.41) is 3.48. The van der Waals surface area contributed by atoms with Crippen molar-refractivity contribution in [2.45, 2.75) is 57.2 Å². The van der Waals surface area contributed by atoms with Gasteiger partial charge in [0.25, 0.3) is 0 Å². The van der Waals surface area contributed by atoms with Gasteiger partial charge in [0.05, 0.1) is 0 Å². The minimum atomic E-state index is -0.0865. The van der Waals surface area contributed by atoms with E-state index < -0.39 is 0 Å². The molecule has 4 rings (SSSR count). The summed E-state index contributed by atoms with van der Waals surface area (Å²) < 4.78 is 13.9. The molecular formula is C17H23FN2. The SMILES string of the molecule is Fc1cc(CNC2CC2)cc(N(CC2CC2)C2CC2)c1. The molecule has 0 amide bonds. The van der Waals surface area contributed by atoms with Crippen molar-refractivity contribution in [3.8, 4) is 0 Å². The zero-order chi connectivity index (χ0) is 13.5. The summed E-state index contributed by atoms with van der Waals surface area (Å²) in [7, 11) is 0. The van der Waals surface area contributed by atoms with E-state index in [1.807, 2.05) is 0 Å². The molecule has 0 aromatic heterocycles. The van der Waals surface area contributed by atoms with Gasteiger partial charge >= 0.3 is 0 Å². The largest absolute Gasteiger partial charge is 0.368 e. The first kappa shape index (κ1) is 12.6. The normalized spacial score (nSPS) is 22.1. The van der Waals surface area contributed by atoms with Crippen LogP contribution in [0.5, 0.6) is 0 Å². The van der Waals surface area contributed by atoms with Gasteiger partial charge in [-0.15, -0.1) is 0 Å². The number of nitrogens with zero attached hydrogens (tertiary/aromatic N) is 1. The predicted octanol–water partition coefficient (Wildman–Crippen LogP) is 3.46. The number of rotatable bonds is 7. The molecule has 0 spiro atoms. The monoisotopic (exact) mass is 274 g/mol. The lowest BCUT2D eigenvalue weighted by Crippen LogP contribution is -2.28. The van der Waals surface area contributed by atoms with Gasteiger partial charge in [-0.05, 0) is 68.2 Å². The highest BCUT2D eigenvalue weighted by Crippen LogP contribution is 2.38. The molecule has 0 radical (unpaired) electrons. The molecule has 3 fully saturated rings. The van der Waals surface area contributed by atoms with Gasteiger partial charge in [-0.1, -0.05) is 0 Å². The van der Waals surface area contributed by atoms with Crippen LogP contribution in [-0.2, 0) is 6.54 Å². The van der Waals surface area contributed by atoms with Gasteiger partial charge in [0, 0.05) is 30.9 Å². The van der Waals surface area contributed by atoms with Crippen LogP contribution in [0.4, 0.5) is 10.1 Å². The van der Waals surface area contributed by atoms with Crippen LogP contribution in [0.15, 0.2) is 18.2 Å². The molecule has 0 saturated heterocycles. The first-order valence-electron chi connectivity index (χ1n) is 8.07. The Morgan fingerprint density at radius 2 is 1.85 bits per heavy atom. The van der Waals surface area contributed by atoms with Crippen LogP contribution < -0.4 is 10.2 Å². The van der Waals surface area contributed by atoms with Crippen molar-refractivity contribution in [3.05, 3.63) is 29.6 Å². The Labute approximate surface area is 120 Å². The van der Waals surface area contributed by atoms with Crippen molar-refractivity contribution in [1.29, 1.82) is 0 Å². The predicted molar refractivity (Wildman–Crippen MR) is 79.4 cm³/mol. The Kier molecular flexibility index (Phi) is 3.18. The lowest BCUT2D eigenvalue weighted by Gasteiger charge is -2.25. The van der Waals surface area contributed by atoms with E-state index in [-0.39, 0.29) is 5.82 Å². The molecule has 2 nitrogen and oxygen atoms in total. The van der Waals surface area contributed by atoms with Gasteiger partial charge < -0.3 is 10.2 Å². The fourth-order valence-corrected chi connectivity index (χ4v) is 2.88. The summed E-state index contributed by atoms with van der Waals surface area (Å²) in [6.45, 7) is 1.93. The van der Waals surface area contributed by atoms with E-state index >= 15 is 0 Å². The molecule has 20 heavy (non-hydrogen) atoms. The second-order valence-corrected chi connectivity index (χ2v) is 6.80. The molecule has 0 unspecified atom stereocenters. The highest BCUT2D eigenvalue weighted by atomic mass is 19.1. The van der Waals surface area contributed by atoms with Crippen LogP contribution in [0.3, 0.4) is 0 Å². The number of halogens is 1. The number of hydrogen-bond acceptors (Lipinski definition) is 2. The third-order valence-electron chi connectivity index (χ3n) is 4.59. The summed E-state index contributed by atoms with van der Waals surface area (Å²) in [6, 6.07) is 6.94. The van der Waals surface area contributed by atoms with Gasteiger partial charge in [-0.2, -0.15) is 0 Å². The van der Waals surface area contributed by atoms with E-state index in [9.17, 15) is 4.39 Å². The zero-order valence-electron chi connectivity index (χ0n) is 11.9. The maximum Gasteiger partial charge on any atom is 0.125 e. The van der Waals surface area contributed by atoms with Crippen LogP contribution in [0.2, 0.25) is 0 Å². The number of anilines is 1. The fourth-order valence-electron chi connectivity index (χ4n) is 2.88. The first-order valence-corrected chi connectivity index (χ1v) is 8.07. The maximum absolute atomic E-state index is 13.9. The fraction of sp³-hybridized carbons (Fsp3) is 0.647. The molecule has 108 valence electrons. The topological polar surface area (TPSA) is 15.3 Å². The van der Waals surface area contributed by atoms with Crippen LogP contribution in [0, 0.1) is 11.7 Å². The van der Waals surface area contributed by atoms with Crippen LogP contribution >= 0.6 is 0 Å². The molecular weight excluding hydrogens is 251 g/mol. The molecule has 3 aliphatic carbocycles. The highest BCUT2D eigenvalue weighted by Gasteiger charge is 2.34. The van der Waals surface area contributed by atoms with E-state index in [0.717, 1.165) is 30.3 Å². The molecule has 0 heterocycles. The maximum atomic E-state index is 13.9. The summed E-state index contributed by atoms with van der Waals surface area (Å²) >= 11 is 0. The van der Waals surface area contributed by atoms with Crippen LogP contribution in [-0.4, -0.2) is 18.6 Å². The quantitative estimate of drug-likeness (QED) is 0.819. The van der Waals surface area contributed by atoms with Gasteiger partial charge in [0.1, 0.15) is 5.82 Å². The van der Waals surface area contributed by atoms with Crippen molar-refractivity contribution in [1.82, 2.24) is 5.32 Å². The number of nitrogens with one attached hydrogen (secondary N) is 1. The van der Waals surface area contributed by atoms with Gasteiger partial charge in [0.2, 0.25) is 0 Å². The van der Waals surface area contributed by atoms with Gasteiger partial charge in [-0.3, -0.25) is 0 Å². The van der Waals surface area contributed by atoms with Gasteiger partial charge in [0.15, 0.2) is 0 Å². The van der Waals surface area contributed by atoms with E-state index in [4.69, 9.17) is 0 Å². The minimum absolute atomic E-state index is 0.0865. The average Bonchev–Trinajstić information content (AvgIpc) is 3.26. The van der Waals surface area contributed by atoms with E-state index in [1.54, 1.807) is 12.1 Å². The molecule has 3 saturated carbocycles. The second kappa shape index (κ2) is 5.03. The summed E-state index contributed by atoms with van der Waals surface area (Å²) in [4.78, 5) is 2.46. The molecule has 1 aromatic carbocycles. The Morgan fingerprint density at radius 1 is 1.05 bits per heavy atom. The Balaban J connectivity index is 1.51. The molecule has 3 aliphatic rings. The van der Waals surface area contributed by atoms with Crippen molar-refractivity contribution in [3.63, 3.8) is 0 Å². The molecule has 1 aromatic rings. The summed E-state index contributed by atoms with van der Waals surface area (Å²) in [5.41, 5.74) is 2.19. The zero-order valence-corrected chi connectivity index (χ0v) is 11.9. The average molecular weight is 274 g/mol. The standard InChI is InChI=1S/C17H23FN2/c18-14-7-13(10-19-15-3-4-15)8-17(9-14)20(16-5-6-16)11-12-1-2-12/h7-9,12,15-16,19H,1-6,10-11H2. The first-order chi connectivity index (χ1) is 9.78. The Morgan fingerprint density at radius 3 is 2.50 bits per heavy atom.